The molecule has 2 aromatic heterocycles. The summed E-state index contributed by atoms with van der Waals surface area (Å²) in [5.41, 5.74) is 14.0. The Morgan fingerprint density at radius 1 is 0.258 bits per heavy atom. The standard InChI is InChI=1S/C64H39NSe/c1-3-20-40(21-4-1)58-42-24-7-9-26-44(42)61(45-27-10-8-25-43(45)58)53-35-17-36-54-63-52(34-19-39-57(63)66-64(53)54)60-48-30-13-11-28-46(48)59(47-29-12-14-31-49(47)60)51-33-18-38-56-62(51)50-32-15-16-37-55(50)65(56)41-22-5-2-6-23-41/h1-39H. The maximum absolute atomic E-state index is 2.43. The van der Waals surface area contributed by atoms with Gasteiger partial charge in [-0.1, -0.05) is 24.3 Å². The molecule has 0 radical (unpaired) electrons. The van der Waals surface area contributed by atoms with Gasteiger partial charge in [0, 0.05) is 0 Å². The second-order valence-electron chi connectivity index (χ2n) is 17.4. The number of nitrogens with zero attached hydrogens (tertiary/aromatic N) is 1. The van der Waals surface area contributed by atoms with Crippen molar-refractivity contribution in [3.05, 3.63) is 237 Å². The van der Waals surface area contributed by atoms with Gasteiger partial charge in [0.2, 0.25) is 0 Å². The van der Waals surface area contributed by atoms with Crippen LogP contribution in [0.2, 0.25) is 0 Å². The third-order valence-electron chi connectivity index (χ3n) is 14.0. The van der Waals surface area contributed by atoms with E-state index >= 15 is 0 Å². The summed E-state index contributed by atoms with van der Waals surface area (Å²) in [6, 6.07) is 88.0. The predicted octanol–water partition coefficient (Wildman–Crippen LogP) is 17.4. The van der Waals surface area contributed by atoms with E-state index in [4.69, 9.17) is 0 Å². The van der Waals surface area contributed by atoms with E-state index in [0.717, 1.165) is 0 Å². The molecule has 2 heteroatoms. The van der Waals surface area contributed by atoms with Crippen molar-refractivity contribution >= 4 is 98.7 Å². The van der Waals surface area contributed by atoms with E-state index in [2.05, 4.69) is 241 Å². The van der Waals surface area contributed by atoms with E-state index in [-0.39, 0.29) is 14.5 Å². The molecule has 14 rings (SSSR count). The molecule has 0 aliphatic heterocycles. The zero-order valence-electron chi connectivity index (χ0n) is 35.9. The average Bonchev–Trinajstić information content (AvgIpc) is 3.94. The van der Waals surface area contributed by atoms with E-state index in [1.165, 1.54) is 134 Å². The van der Waals surface area contributed by atoms with Crippen LogP contribution in [-0.2, 0) is 0 Å². The van der Waals surface area contributed by atoms with Gasteiger partial charge in [-0.15, -0.1) is 0 Å². The van der Waals surface area contributed by atoms with E-state index in [1.54, 1.807) is 0 Å². The first-order chi connectivity index (χ1) is 32.8. The minimum absolute atomic E-state index is 0.0890. The number of hydrogen-bond donors (Lipinski definition) is 0. The normalized spacial score (nSPS) is 11.9. The summed E-state index contributed by atoms with van der Waals surface area (Å²) in [4.78, 5) is 0. The molecule has 0 aliphatic rings. The van der Waals surface area contributed by atoms with Crippen molar-refractivity contribution in [2.24, 2.45) is 0 Å². The molecule has 0 unspecified atom stereocenters. The molecule has 0 fully saturated rings. The van der Waals surface area contributed by atoms with Gasteiger partial charge in [-0.25, -0.2) is 0 Å². The van der Waals surface area contributed by atoms with Gasteiger partial charge < -0.3 is 0 Å². The zero-order valence-corrected chi connectivity index (χ0v) is 37.6. The van der Waals surface area contributed by atoms with Crippen molar-refractivity contribution in [2.45, 2.75) is 0 Å². The predicted molar refractivity (Wildman–Crippen MR) is 285 cm³/mol. The van der Waals surface area contributed by atoms with Crippen LogP contribution in [0, 0.1) is 0 Å². The maximum atomic E-state index is 2.43. The van der Waals surface area contributed by atoms with Crippen LogP contribution >= 0.6 is 0 Å². The molecular formula is C64H39NSe. The number of para-hydroxylation sites is 2. The fourth-order valence-electron chi connectivity index (χ4n) is 11.4. The molecule has 306 valence electrons. The number of fused-ring (bicyclic) bond motifs is 10. The number of aromatic nitrogens is 1. The molecular weight excluding hydrogens is 862 g/mol. The topological polar surface area (TPSA) is 4.93 Å². The Balaban J connectivity index is 1.05. The number of benzene rings is 12. The number of hydrogen-bond acceptors (Lipinski definition) is 0. The van der Waals surface area contributed by atoms with Crippen LogP contribution in [-0.4, -0.2) is 19.1 Å². The Kier molecular flexibility index (Phi) is 8.37. The van der Waals surface area contributed by atoms with E-state index < -0.39 is 0 Å². The Morgan fingerprint density at radius 2 is 0.652 bits per heavy atom. The fraction of sp³-hybridized carbons (Fsp3) is 0. The molecule has 12 aromatic carbocycles. The molecule has 1 nitrogen and oxygen atoms in total. The Morgan fingerprint density at radius 3 is 1.23 bits per heavy atom. The third kappa shape index (κ3) is 5.41. The second kappa shape index (κ2) is 14.8. The first kappa shape index (κ1) is 37.4. The molecule has 0 saturated carbocycles. The first-order valence-electron chi connectivity index (χ1n) is 22.8. The van der Waals surface area contributed by atoms with Gasteiger partial charge in [0.15, 0.2) is 0 Å². The van der Waals surface area contributed by atoms with E-state index in [1.807, 2.05) is 0 Å². The van der Waals surface area contributed by atoms with Gasteiger partial charge in [0.1, 0.15) is 0 Å². The second-order valence-corrected chi connectivity index (χ2v) is 19.6. The summed E-state index contributed by atoms with van der Waals surface area (Å²) < 4.78 is 5.33. The van der Waals surface area contributed by atoms with Gasteiger partial charge in [-0.2, -0.15) is 0 Å². The van der Waals surface area contributed by atoms with Crippen molar-refractivity contribution in [3.63, 3.8) is 0 Å². The molecule has 0 atom stereocenters. The van der Waals surface area contributed by atoms with Gasteiger partial charge in [-0.3, -0.25) is 0 Å². The molecule has 0 bridgehead atoms. The quantitative estimate of drug-likeness (QED) is 0.120. The monoisotopic (exact) mass is 901 g/mol. The summed E-state index contributed by atoms with van der Waals surface area (Å²) in [5, 5.41) is 15.5. The van der Waals surface area contributed by atoms with E-state index in [9.17, 15) is 0 Å². The van der Waals surface area contributed by atoms with Crippen LogP contribution in [0.1, 0.15) is 0 Å². The molecule has 2 heterocycles. The van der Waals surface area contributed by atoms with Crippen molar-refractivity contribution in [2.75, 3.05) is 0 Å². The Bertz CT molecular complexity index is 4160. The molecule has 66 heavy (non-hydrogen) atoms. The van der Waals surface area contributed by atoms with Crippen molar-refractivity contribution in [1.82, 2.24) is 4.57 Å². The van der Waals surface area contributed by atoms with Crippen molar-refractivity contribution in [1.29, 1.82) is 0 Å². The van der Waals surface area contributed by atoms with Crippen LogP contribution in [0.4, 0.5) is 0 Å². The van der Waals surface area contributed by atoms with Gasteiger partial charge in [0.25, 0.3) is 0 Å². The fourth-order valence-corrected chi connectivity index (χ4v) is 14.0. The van der Waals surface area contributed by atoms with Crippen LogP contribution in [0.25, 0.3) is 134 Å². The average molecular weight is 901 g/mol. The van der Waals surface area contributed by atoms with Crippen LogP contribution in [0.3, 0.4) is 0 Å². The Labute approximate surface area is 387 Å². The summed E-state index contributed by atoms with van der Waals surface area (Å²) in [6.45, 7) is 0. The molecule has 0 N–H and O–H groups in total. The third-order valence-corrected chi connectivity index (χ3v) is 16.5. The van der Waals surface area contributed by atoms with E-state index in [0.29, 0.717) is 0 Å². The SMILES string of the molecule is c1ccc(-c2c3ccccc3c(-c3cccc4c3[se]c3cccc(-c5c6ccccc6c(-c6cccc7c6c6ccccc6n7-c6ccccc6)c6ccccc56)c34)c3ccccc23)cc1. The first-order valence-corrected chi connectivity index (χ1v) is 24.5. The summed E-state index contributed by atoms with van der Waals surface area (Å²) >= 11 is 0.0890. The van der Waals surface area contributed by atoms with Gasteiger partial charge in [-0.05, 0) is 12.1 Å². The summed E-state index contributed by atoms with van der Waals surface area (Å²) in [6.07, 6.45) is 0. The van der Waals surface area contributed by atoms with Crippen LogP contribution < -0.4 is 0 Å². The minimum atomic E-state index is 0.0890. The summed E-state index contributed by atoms with van der Waals surface area (Å²) in [7, 11) is 0. The molecule has 0 spiro atoms. The van der Waals surface area contributed by atoms with Crippen LogP contribution in [0.5, 0.6) is 0 Å². The van der Waals surface area contributed by atoms with Crippen molar-refractivity contribution < 1.29 is 0 Å². The van der Waals surface area contributed by atoms with Crippen LogP contribution in [0.15, 0.2) is 237 Å². The molecule has 0 aliphatic carbocycles. The molecule has 0 saturated heterocycles. The van der Waals surface area contributed by atoms with Crippen molar-refractivity contribution in [3.8, 4) is 50.2 Å². The zero-order chi connectivity index (χ0) is 43.3. The van der Waals surface area contributed by atoms with Gasteiger partial charge in [0.05, 0.1) is 0 Å². The Hall–Kier alpha value is -8.00. The van der Waals surface area contributed by atoms with Gasteiger partial charge >= 0.3 is 354 Å². The molecule has 14 aromatic rings. The summed E-state index contributed by atoms with van der Waals surface area (Å²) in [5.74, 6) is 0. The number of rotatable bonds is 5. The molecule has 0 amide bonds.